The minimum absolute atomic E-state index is 0.0203. The molecule has 184 valence electrons. The van der Waals surface area contributed by atoms with Crippen molar-refractivity contribution < 1.29 is 9.59 Å². The minimum Gasteiger partial charge on any atom is -0.356 e. The molecule has 35 heavy (non-hydrogen) atoms. The molecule has 10 heteroatoms. The Kier molecular flexibility index (Phi) is 6.81. The highest BCUT2D eigenvalue weighted by molar-refractivity contribution is 7.22. The van der Waals surface area contributed by atoms with E-state index in [2.05, 4.69) is 31.6 Å². The SMILES string of the molecule is CCCNC(=O)C1CCN(c2nc3ncn(CC(=O)N[C@H]4CCc5ccccc54)c(=O)c3s2)CC1. The second-order valence-corrected chi connectivity index (χ2v) is 10.2. The number of anilines is 1. The summed E-state index contributed by atoms with van der Waals surface area (Å²) >= 11 is 1.31. The number of aryl methyl sites for hydroxylation is 1. The lowest BCUT2D eigenvalue weighted by atomic mass is 9.96. The predicted octanol–water partition coefficient (Wildman–Crippen LogP) is 2.40. The number of benzene rings is 1. The fraction of sp³-hybridized carbons (Fsp3) is 0.480. The highest BCUT2D eigenvalue weighted by Crippen LogP contribution is 2.31. The molecule has 1 aliphatic carbocycles. The van der Waals surface area contributed by atoms with E-state index >= 15 is 0 Å². The summed E-state index contributed by atoms with van der Waals surface area (Å²) < 4.78 is 1.80. The van der Waals surface area contributed by atoms with Crippen molar-refractivity contribution in [1.29, 1.82) is 0 Å². The van der Waals surface area contributed by atoms with Gasteiger partial charge in [-0.1, -0.05) is 42.5 Å². The van der Waals surface area contributed by atoms with Crippen molar-refractivity contribution in [2.75, 3.05) is 24.5 Å². The molecule has 0 spiro atoms. The second-order valence-electron chi connectivity index (χ2n) is 9.24. The molecule has 3 heterocycles. The van der Waals surface area contributed by atoms with E-state index in [9.17, 15) is 14.4 Å². The second kappa shape index (κ2) is 10.2. The Morgan fingerprint density at radius 1 is 1.17 bits per heavy atom. The molecule has 1 atom stereocenters. The minimum atomic E-state index is -0.255. The monoisotopic (exact) mass is 494 g/mol. The van der Waals surface area contributed by atoms with E-state index < -0.39 is 0 Å². The molecule has 1 fully saturated rings. The van der Waals surface area contributed by atoms with Crippen LogP contribution < -0.4 is 21.1 Å². The third-order valence-electron chi connectivity index (χ3n) is 6.84. The average Bonchev–Trinajstić information content (AvgIpc) is 3.49. The number of fused-ring (bicyclic) bond motifs is 2. The molecule has 1 aliphatic heterocycles. The summed E-state index contributed by atoms with van der Waals surface area (Å²) in [4.78, 5) is 49.1. The van der Waals surface area contributed by atoms with Gasteiger partial charge in [-0.05, 0) is 43.2 Å². The number of hydrogen-bond acceptors (Lipinski definition) is 7. The van der Waals surface area contributed by atoms with E-state index in [4.69, 9.17) is 0 Å². The molecule has 0 radical (unpaired) electrons. The first-order valence-corrected chi connectivity index (χ1v) is 13.1. The van der Waals surface area contributed by atoms with Crippen molar-refractivity contribution in [3.63, 3.8) is 0 Å². The molecule has 2 aromatic heterocycles. The summed E-state index contributed by atoms with van der Waals surface area (Å²) in [5.74, 6) is -0.0595. The highest BCUT2D eigenvalue weighted by Gasteiger charge is 2.27. The van der Waals surface area contributed by atoms with Crippen LogP contribution in [0.4, 0.5) is 5.13 Å². The van der Waals surface area contributed by atoms with E-state index in [1.54, 1.807) is 0 Å². The summed E-state index contributed by atoms with van der Waals surface area (Å²) in [6, 6.07) is 8.12. The van der Waals surface area contributed by atoms with Gasteiger partial charge in [-0.25, -0.2) is 4.98 Å². The summed E-state index contributed by atoms with van der Waals surface area (Å²) in [6.07, 6.45) is 5.66. The molecule has 0 bridgehead atoms. The van der Waals surface area contributed by atoms with Gasteiger partial charge in [-0.3, -0.25) is 19.0 Å². The Balaban J connectivity index is 1.24. The average molecular weight is 495 g/mol. The maximum Gasteiger partial charge on any atom is 0.273 e. The van der Waals surface area contributed by atoms with Gasteiger partial charge < -0.3 is 15.5 Å². The molecule has 3 aromatic rings. The van der Waals surface area contributed by atoms with Gasteiger partial charge in [0, 0.05) is 25.6 Å². The van der Waals surface area contributed by atoms with Crippen LogP contribution in [0.2, 0.25) is 0 Å². The Labute approximate surface area is 207 Å². The van der Waals surface area contributed by atoms with E-state index in [0.29, 0.717) is 30.0 Å². The standard InChI is InChI=1S/C25H30N6O3S/c1-2-11-26-23(33)17-9-12-30(13-10-17)25-29-22-21(35-25)24(34)31(15-27-22)14-20(32)28-19-8-7-16-5-3-4-6-18(16)19/h3-6,15,17,19H,2,7-14H2,1H3,(H,26,33)(H,28,32)/t19-/m0/s1. The van der Waals surface area contributed by atoms with Crippen LogP contribution in [-0.4, -0.2) is 46.0 Å². The number of amides is 2. The zero-order chi connectivity index (χ0) is 24.4. The van der Waals surface area contributed by atoms with E-state index in [1.807, 2.05) is 25.1 Å². The van der Waals surface area contributed by atoms with Gasteiger partial charge in [0.25, 0.3) is 5.56 Å². The lowest BCUT2D eigenvalue weighted by Gasteiger charge is -2.30. The molecular formula is C25H30N6O3S. The number of nitrogens with one attached hydrogen (secondary N) is 2. The van der Waals surface area contributed by atoms with Gasteiger partial charge in [-0.15, -0.1) is 0 Å². The molecule has 2 aliphatic rings. The molecule has 5 rings (SSSR count). The fourth-order valence-corrected chi connectivity index (χ4v) is 5.93. The largest absolute Gasteiger partial charge is 0.356 e. The van der Waals surface area contributed by atoms with Crippen LogP contribution in [-0.2, 0) is 22.6 Å². The molecule has 2 N–H and O–H groups in total. The van der Waals surface area contributed by atoms with E-state index in [0.717, 1.165) is 42.8 Å². The van der Waals surface area contributed by atoms with Crippen LogP contribution in [0.15, 0.2) is 35.4 Å². The number of piperidine rings is 1. The third kappa shape index (κ3) is 4.93. The van der Waals surface area contributed by atoms with Gasteiger partial charge in [0.1, 0.15) is 17.6 Å². The topological polar surface area (TPSA) is 109 Å². The van der Waals surface area contributed by atoms with Gasteiger partial charge in [-0.2, -0.15) is 4.98 Å². The number of hydrogen-bond donors (Lipinski definition) is 2. The van der Waals surface area contributed by atoms with Crippen LogP contribution >= 0.6 is 11.3 Å². The number of aromatic nitrogens is 3. The van der Waals surface area contributed by atoms with Crippen LogP contribution in [0.1, 0.15) is 49.8 Å². The predicted molar refractivity (Wildman–Crippen MR) is 136 cm³/mol. The maximum absolute atomic E-state index is 13.1. The first kappa shape index (κ1) is 23.5. The Hall–Kier alpha value is -3.27. The first-order chi connectivity index (χ1) is 17.0. The van der Waals surface area contributed by atoms with E-state index in [1.165, 1.54) is 27.8 Å². The van der Waals surface area contributed by atoms with Gasteiger partial charge in [0.15, 0.2) is 10.8 Å². The van der Waals surface area contributed by atoms with E-state index in [-0.39, 0.29) is 35.9 Å². The number of nitrogens with zero attached hydrogens (tertiary/aromatic N) is 4. The lowest BCUT2D eigenvalue weighted by molar-refractivity contribution is -0.125. The number of carbonyl (C=O) groups excluding carboxylic acids is 2. The van der Waals surface area contributed by atoms with Crippen molar-refractivity contribution in [3.8, 4) is 0 Å². The third-order valence-corrected chi connectivity index (χ3v) is 7.93. The molecule has 0 saturated carbocycles. The normalized spacial score (nSPS) is 18.0. The maximum atomic E-state index is 13.1. The van der Waals surface area contributed by atoms with Crippen molar-refractivity contribution in [3.05, 3.63) is 52.1 Å². The number of rotatable bonds is 7. The zero-order valence-corrected chi connectivity index (χ0v) is 20.6. The lowest BCUT2D eigenvalue weighted by Crippen LogP contribution is -2.40. The van der Waals surface area contributed by atoms with Gasteiger partial charge >= 0.3 is 0 Å². The summed E-state index contributed by atoms with van der Waals surface area (Å²) in [7, 11) is 0. The molecule has 1 saturated heterocycles. The highest BCUT2D eigenvalue weighted by atomic mass is 32.1. The van der Waals surface area contributed by atoms with Crippen molar-refractivity contribution in [1.82, 2.24) is 25.2 Å². The van der Waals surface area contributed by atoms with Crippen molar-refractivity contribution in [2.24, 2.45) is 5.92 Å². The summed E-state index contributed by atoms with van der Waals surface area (Å²) in [6.45, 7) is 4.10. The molecule has 0 unspecified atom stereocenters. The molecule has 9 nitrogen and oxygen atoms in total. The summed E-state index contributed by atoms with van der Waals surface area (Å²) in [5, 5.41) is 6.78. The van der Waals surface area contributed by atoms with Crippen LogP contribution in [0.25, 0.3) is 10.3 Å². The Morgan fingerprint density at radius 2 is 1.97 bits per heavy atom. The quantitative estimate of drug-likeness (QED) is 0.522. The van der Waals surface area contributed by atoms with Gasteiger partial charge in [0.05, 0.1) is 6.04 Å². The van der Waals surface area contributed by atoms with Crippen LogP contribution in [0.5, 0.6) is 0 Å². The molecule has 2 amide bonds. The zero-order valence-electron chi connectivity index (χ0n) is 19.8. The number of thiazole rings is 1. The Morgan fingerprint density at radius 3 is 2.77 bits per heavy atom. The van der Waals surface area contributed by atoms with Gasteiger partial charge in [0.2, 0.25) is 11.8 Å². The number of carbonyl (C=O) groups is 2. The van der Waals surface area contributed by atoms with Crippen molar-refractivity contribution >= 4 is 38.6 Å². The molecular weight excluding hydrogens is 464 g/mol. The summed E-state index contributed by atoms with van der Waals surface area (Å²) in [5.41, 5.74) is 2.56. The molecule has 1 aromatic carbocycles. The smallest absolute Gasteiger partial charge is 0.273 e. The first-order valence-electron chi connectivity index (χ1n) is 12.3. The Bertz CT molecular complexity index is 1290. The van der Waals surface area contributed by atoms with Crippen LogP contribution in [0, 0.1) is 5.92 Å². The fourth-order valence-electron chi connectivity index (χ4n) is 4.91. The van der Waals surface area contributed by atoms with Crippen LogP contribution in [0.3, 0.4) is 0 Å². The van der Waals surface area contributed by atoms with Crippen molar-refractivity contribution in [2.45, 2.75) is 51.6 Å².